The first-order valence-electron chi connectivity index (χ1n) is 18.9. The summed E-state index contributed by atoms with van der Waals surface area (Å²) >= 11 is 0. The van der Waals surface area contributed by atoms with Crippen molar-refractivity contribution >= 4 is 29.0 Å². The lowest BCUT2D eigenvalue weighted by Gasteiger charge is -2.38. The maximum atomic E-state index is 13.9. The number of hydrogen-bond donors (Lipinski definition) is 3. The first-order valence-corrected chi connectivity index (χ1v) is 18.9. The zero-order valence-corrected chi connectivity index (χ0v) is 32.0. The standard InChI is InChI=1S/C43H49F3N6O4/c1-41(2)13-18-52(19-14-41)34-10-11-36(50-40(55)31-8-5-7-30(25-31)38(53)42(3,47)15-17-51-20-22-56-23-21-51)35(27-34)37-26-32(12-16-48-37)39(54)49-28-29-6-4-9-33(24-29)43(44,45)46/h4-12,16,24-27H,13-15,17-23,28,47H2,1-3H3,(H,49,54)(H,50,55). The smallest absolute Gasteiger partial charge is 0.379 e. The molecule has 0 aliphatic carbocycles. The van der Waals surface area contributed by atoms with Gasteiger partial charge in [-0.2, -0.15) is 13.2 Å². The van der Waals surface area contributed by atoms with Gasteiger partial charge in [-0.25, -0.2) is 0 Å². The zero-order valence-electron chi connectivity index (χ0n) is 32.0. The van der Waals surface area contributed by atoms with Gasteiger partial charge in [-0.05, 0) is 91.8 Å². The molecule has 0 saturated carbocycles. The van der Waals surface area contributed by atoms with Gasteiger partial charge in [0.05, 0.1) is 35.7 Å². The Morgan fingerprint density at radius 1 is 0.857 bits per heavy atom. The van der Waals surface area contributed by atoms with Crippen LogP contribution in [0.25, 0.3) is 11.3 Å². The van der Waals surface area contributed by atoms with Gasteiger partial charge in [-0.15, -0.1) is 0 Å². The van der Waals surface area contributed by atoms with Gasteiger partial charge in [0.25, 0.3) is 11.8 Å². The molecule has 0 spiro atoms. The third-order valence-corrected chi connectivity index (χ3v) is 10.7. The predicted octanol–water partition coefficient (Wildman–Crippen LogP) is 7.20. The Hall–Kier alpha value is -5.11. The Labute approximate surface area is 325 Å². The number of anilines is 2. The molecular formula is C43H49F3N6O4. The van der Waals surface area contributed by atoms with Gasteiger partial charge in [0, 0.05) is 73.4 Å². The second kappa shape index (κ2) is 16.9. The monoisotopic (exact) mass is 770 g/mol. The molecule has 2 saturated heterocycles. The van der Waals surface area contributed by atoms with Crippen LogP contribution in [-0.2, 0) is 17.5 Å². The number of ketones is 1. The van der Waals surface area contributed by atoms with Crippen LogP contribution in [0.2, 0.25) is 0 Å². The van der Waals surface area contributed by atoms with Gasteiger partial charge in [-0.3, -0.25) is 24.3 Å². The molecule has 0 bridgehead atoms. The number of morpholine rings is 1. The van der Waals surface area contributed by atoms with Crippen molar-refractivity contribution < 1.29 is 32.3 Å². The predicted molar refractivity (Wildman–Crippen MR) is 211 cm³/mol. The minimum absolute atomic E-state index is 0.110. The van der Waals surface area contributed by atoms with Gasteiger partial charge >= 0.3 is 6.18 Å². The second-order valence-corrected chi connectivity index (χ2v) is 15.7. The molecule has 296 valence electrons. The molecule has 2 amide bonds. The van der Waals surface area contributed by atoms with E-state index in [1.54, 1.807) is 37.3 Å². The Bertz CT molecular complexity index is 2050. The van der Waals surface area contributed by atoms with Crippen molar-refractivity contribution in [1.82, 2.24) is 15.2 Å². The molecule has 13 heteroatoms. The molecule has 6 rings (SSSR count). The number of halogens is 3. The summed E-state index contributed by atoms with van der Waals surface area (Å²) in [6.07, 6.45) is -0.563. The molecule has 0 radical (unpaired) electrons. The first-order chi connectivity index (χ1) is 26.6. The quantitative estimate of drug-likeness (QED) is 0.129. The van der Waals surface area contributed by atoms with E-state index in [1.165, 1.54) is 24.4 Å². The minimum atomic E-state index is -4.50. The number of nitrogens with two attached hydrogens (primary N) is 1. The largest absolute Gasteiger partial charge is 0.416 e. The molecular weight excluding hydrogens is 722 g/mol. The van der Waals surface area contributed by atoms with Gasteiger partial charge in [0.1, 0.15) is 0 Å². The van der Waals surface area contributed by atoms with E-state index < -0.39 is 29.1 Å². The van der Waals surface area contributed by atoms with Crippen LogP contribution < -0.4 is 21.3 Å². The lowest BCUT2D eigenvalue weighted by atomic mass is 9.82. The number of benzene rings is 3. The van der Waals surface area contributed by atoms with Crippen LogP contribution in [0.4, 0.5) is 24.5 Å². The van der Waals surface area contributed by atoms with Crippen molar-refractivity contribution in [3.8, 4) is 11.3 Å². The highest BCUT2D eigenvalue weighted by molar-refractivity contribution is 6.09. The average Bonchev–Trinajstić information content (AvgIpc) is 3.19. The van der Waals surface area contributed by atoms with Gasteiger partial charge < -0.3 is 26.0 Å². The van der Waals surface area contributed by atoms with Crippen LogP contribution in [-0.4, -0.2) is 79.0 Å². The SMILES string of the molecule is CC1(C)CCN(c2ccc(NC(=O)c3cccc(C(=O)C(C)(N)CCN4CCOCC4)c3)c(-c3cc(C(=O)NCc4cccc(C(F)(F)F)c4)ccn3)c2)CC1. The third kappa shape index (κ3) is 10.2. The Kier molecular flexibility index (Phi) is 12.3. The minimum Gasteiger partial charge on any atom is -0.379 e. The summed E-state index contributed by atoms with van der Waals surface area (Å²) in [4.78, 5) is 49.8. The van der Waals surface area contributed by atoms with Gasteiger partial charge in [0.15, 0.2) is 5.78 Å². The Morgan fingerprint density at radius 3 is 2.29 bits per heavy atom. The number of Topliss-reactive ketones (excluding diaryl/α,β-unsaturated/α-hetero) is 1. The number of carbonyl (C=O) groups is 3. The summed E-state index contributed by atoms with van der Waals surface area (Å²) in [5, 5.41) is 5.71. The number of nitrogens with zero attached hydrogens (tertiary/aromatic N) is 3. The van der Waals surface area contributed by atoms with Crippen molar-refractivity contribution in [3.05, 3.63) is 113 Å². The van der Waals surface area contributed by atoms with Crippen LogP contribution in [0.1, 0.15) is 82.2 Å². The number of pyridine rings is 1. The molecule has 2 fully saturated rings. The average molecular weight is 771 g/mol. The number of alkyl halides is 3. The normalized spacial score (nSPS) is 17.2. The summed E-state index contributed by atoms with van der Waals surface area (Å²) in [5.74, 6) is -1.21. The fraction of sp³-hybridized carbons (Fsp3) is 0.395. The first kappa shape index (κ1) is 40.6. The molecule has 2 aliphatic heterocycles. The van der Waals surface area contributed by atoms with E-state index in [-0.39, 0.29) is 28.9 Å². The van der Waals surface area contributed by atoms with E-state index in [2.05, 4.69) is 39.3 Å². The molecule has 10 nitrogen and oxygen atoms in total. The van der Waals surface area contributed by atoms with E-state index in [1.807, 2.05) is 18.2 Å². The maximum Gasteiger partial charge on any atom is 0.416 e. The number of piperidine rings is 1. The highest BCUT2D eigenvalue weighted by Crippen LogP contribution is 2.36. The van der Waals surface area contributed by atoms with Crippen molar-refractivity contribution in [1.29, 1.82) is 0 Å². The van der Waals surface area contributed by atoms with E-state index >= 15 is 0 Å². The van der Waals surface area contributed by atoms with Crippen LogP contribution in [0.3, 0.4) is 0 Å². The number of carbonyl (C=O) groups excluding carboxylic acids is 3. The number of aromatic nitrogens is 1. The van der Waals surface area contributed by atoms with E-state index in [0.717, 1.165) is 56.8 Å². The van der Waals surface area contributed by atoms with Crippen LogP contribution in [0, 0.1) is 5.41 Å². The topological polar surface area (TPSA) is 130 Å². The molecule has 3 heterocycles. The summed E-state index contributed by atoms with van der Waals surface area (Å²) in [5.41, 5.74) is 8.34. The zero-order chi connectivity index (χ0) is 40.1. The maximum absolute atomic E-state index is 13.9. The summed E-state index contributed by atoms with van der Waals surface area (Å²) < 4.78 is 45.2. The number of ether oxygens (including phenoxy) is 1. The molecule has 4 N–H and O–H groups in total. The number of hydrogen-bond acceptors (Lipinski definition) is 8. The third-order valence-electron chi connectivity index (χ3n) is 10.7. The summed E-state index contributed by atoms with van der Waals surface area (Å²) in [7, 11) is 0. The molecule has 1 unspecified atom stereocenters. The molecule has 1 atom stereocenters. The van der Waals surface area contributed by atoms with Gasteiger partial charge in [-0.1, -0.05) is 38.1 Å². The highest BCUT2D eigenvalue weighted by atomic mass is 19.4. The molecule has 56 heavy (non-hydrogen) atoms. The fourth-order valence-electron chi connectivity index (χ4n) is 6.94. The van der Waals surface area contributed by atoms with E-state index in [0.29, 0.717) is 54.3 Å². The van der Waals surface area contributed by atoms with Gasteiger partial charge in [0.2, 0.25) is 0 Å². The van der Waals surface area contributed by atoms with Crippen LogP contribution in [0.5, 0.6) is 0 Å². The van der Waals surface area contributed by atoms with E-state index in [9.17, 15) is 27.6 Å². The number of nitrogens with one attached hydrogen (secondary N) is 2. The number of amides is 2. The van der Waals surface area contributed by atoms with Crippen LogP contribution in [0.15, 0.2) is 85.1 Å². The van der Waals surface area contributed by atoms with E-state index in [4.69, 9.17) is 10.5 Å². The van der Waals surface area contributed by atoms with Crippen molar-refractivity contribution in [2.75, 3.05) is 56.2 Å². The highest BCUT2D eigenvalue weighted by Gasteiger charge is 2.32. The lowest BCUT2D eigenvalue weighted by molar-refractivity contribution is -0.137. The number of rotatable bonds is 12. The second-order valence-electron chi connectivity index (χ2n) is 15.7. The molecule has 3 aromatic carbocycles. The Morgan fingerprint density at radius 2 is 1.55 bits per heavy atom. The summed E-state index contributed by atoms with van der Waals surface area (Å²) in [6.45, 7) is 11.3. The molecule has 1 aromatic heterocycles. The molecule has 2 aliphatic rings. The van der Waals surface area contributed by atoms with Crippen molar-refractivity contribution in [2.24, 2.45) is 11.1 Å². The Balaban J connectivity index is 1.23. The summed E-state index contributed by atoms with van der Waals surface area (Å²) in [6, 6.07) is 20.1. The van der Waals surface area contributed by atoms with Crippen LogP contribution >= 0.6 is 0 Å². The van der Waals surface area contributed by atoms with Crippen molar-refractivity contribution in [2.45, 2.75) is 58.3 Å². The fourth-order valence-corrected chi connectivity index (χ4v) is 6.94. The lowest BCUT2D eigenvalue weighted by Crippen LogP contribution is -2.48. The molecule has 4 aromatic rings. The van der Waals surface area contributed by atoms with Crippen molar-refractivity contribution in [3.63, 3.8) is 0 Å².